The molecule has 0 unspecified atom stereocenters. The van der Waals surface area contributed by atoms with Crippen molar-refractivity contribution in [2.45, 2.75) is 24.0 Å². The van der Waals surface area contributed by atoms with Gasteiger partial charge in [-0.1, -0.05) is 11.8 Å². The average molecular weight is 225 g/mol. The van der Waals surface area contributed by atoms with Gasteiger partial charge in [-0.15, -0.1) is 0 Å². The molecule has 0 atom stereocenters. The molecule has 15 heavy (non-hydrogen) atoms. The first-order valence-corrected chi connectivity index (χ1v) is 5.84. The molecule has 0 spiro atoms. The number of hydrogen-bond acceptors (Lipinski definition) is 5. The molecule has 1 heterocycles. The van der Waals surface area contributed by atoms with Crippen molar-refractivity contribution in [1.29, 1.82) is 0 Å². The largest absolute Gasteiger partial charge is 0.477 e. The third-order valence-corrected chi connectivity index (χ3v) is 2.58. The van der Waals surface area contributed by atoms with E-state index in [9.17, 15) is 4.79 Å². The lowest BCUT2D eigenvalue weighted by atomic mass is 10.4. The predicted octanol–water partition coefficient (Wildman–Crippen LogP) is 1.47. The molecule has 2 rings (SSSR count). The minimum atomic E-state index is -1.02. The lowest BCUT2D eigenvalue weighted by molar-refractivity contribution is 0.0689. The van der Waals surface area contributed by atoms with E-state index in [-0.39, 0.29) is 5.69 Å². The summed E-state index contributed by atoms with van der Waals surface area (Å²) in [6, 6.07) is 1.93. The van der Waals surface area contributed by atoms with Crippen LogP contribution in [0, 0.1) is 0 Å². The fourth-order valence-electron chi connectivity index (χ4n) is 1.14. The number of anilines is 1. The Hall–Kier alpha value is -1.30. The number of rotatable bonds is 4. The van der Waals surface area contributed by atoms with Crippen molar-refractivity contribution in [3.63, 3.8) is 0 Å². The van der Waals surface area contributed by atoms with E-state index in [4.69, 9.17) is 5.11 Å². The van der Waals surface area contributed by atoms with E-state index in [1.165, 1.54) is 17.8 Å². The maximum Gasteiger partial charge on any atom is 0.354 e. The van der Waals surface area contributed by atoms with E-state index in [0.717, 1.165) is 12.8 Å². The van der Waals surface area contributed by atoms with Gasteiger partial charge in [0, 0.05) is 12.1 Å². The maximum absolute atomic E-state index is 10.8. The van der Waals surface area contributed by atoms with Crippen molar-refractivity contribution in [2.75, 3.05) is 11.6 Å². The zero-order valence-corrected chi connectivity index (χ0v) is 9.04. The molecule has 1 aromatic heterocycles. The first kappa shape index (κ1) is 10.2. The van der Waals surface area contributed by atoms with E-state index >= 15 is 0 Å². The standard InChI is InChI=1S/C9H11N3O2S/c1-15-9-11-6(8(13)14)4-7(12-9)10-5-2-3-5/h4-5H,2-3H2,1H3,(H,13,14)(H,10,11,12). The van der Waals surface area contributed by atoms with E-state index in [1.807, 2.05) is 6.26 Å². The molecule has 0 saturated heterocycles. The van der Waals surface area contributed by atoms with Gasteiger partial charge in [-0.2, -0.15) is 0 Å². The summed E-state index contributed by atoms with van der Waals surface area (Å²) < 4.78 is 0. The monoisotopic (exact) mass is 225 g/mol. The minimum absolute atomic E-state index is 0.0394. The fraction of sp³-hybridized carbons (Fsp3) is 0.444. The number of nitrogens with zero attached hydrogens (tertiary/aromatic N) is 2. The van der Waals surface area contributed by atoms with Crippen LogP contribution in [0.1, 0.15) is 23.3 Å². The molecular formula is C9H11N3O2S. The molecular weight excluding hydrogens is 214 g/mol. The third-order valence-electron chi connectivity index (χ3n) is 2.04. The number of thioether (sulfide) groups is 1. The second kappa shape index (κ2) is 4.06. The van der Waals surface area contributed by atoms with Crippen LogP contribution in [-0.4, -0.2) is 33.3 Å². The lowest BCUT2D eigenvalue weighted by Gasteiger charge is -2.05. The summed E-state index contributed by atoms with van der Waals surface area (Å²) >= 11 is 1.34. The highest BCUT2D eigenvalue weighted by atomic mass is 32.2. The number of aromatic nitrogens is 2. The van der Waals surface area contributed by atoms with E-state index in [1.54, 1.807) is 0 Å². The van der Waals surface area contributed by atoms with Gasteiger partial charge in [-0.3, -0.25) is 0 Å². The highest BCUT2D eigenvalue weighted by molar-refractivity contribution is 7.98. The number of hydrogen-bond donors (Lipinski definition) is 2. The number of carbonyl (C=O) groups is 1. The van der Waals surface area contributed by atoms with Crippen LogP contribution < -0.4 is 5.32 Å². The third kappa shape index (κ3) is 2.59. The van der Waals surface area contributed by atoms with Gasteiger partial charge in [0.05, 0.1) is 0 Å². The molecule has 0 aromatic carbocycles. The Morgan fingerprint density at radius 3 is 2.87 bits per heavy atom. The molecule has 1 saturated carbocycles. The van der Waals surface area contributed by atoms with Crippen molar-refractivity contribution in [2.24, 2.45) is 0 Å². The molecule has 1 fully saturated rings. The van der Waals surface area contributed by atoms with Crippen LogP contribution in [0.15, 0.2) is 11.2 Å². The molecule has 2 N–H and O–H groups in total. The van der Waals surface area contributed by atoms with Crippen LogP contribution in [0.5, 0.6) is 0 Å². The predicted molar refractivity (Wildman–Crippen MR) is 57.4 cm³/mol. The number of aromatic carboxylic acids is 1. The second-order valence-corrected chi connectivity index (χ2v) is 4.12. The number of carboxylic acid groups (broad SMARTS) is 1. The van der Waals surface area contributed by atoms with Gasteiger partial charge in [0.15, 0.2) is 10.9 Å². The van der Waals surface area contributed by atoms with Crippen LogP contribution in [0.2, 0.25) is 0 Å². The van der Waals surface area contributed by atoms with Crippen molar-refractivity contribution in [1.82, 2.24) is 9.97 Å². The Morgan fingerprint density at radius 2 is 2.33 bits per heavy atom. The Balaban J connectivity index is 2.27. The molecule has 80 valence electrons. The molecule has 0 bridgehead atoms. The van der Waals surface area contributed by atoms with Gasteiger partial charge >= 0.3 is 5.97 Å². The lowest BCUT2D eigenvalue weighted by Crippen LogP contribution is -2.08. The number of nitrogens with one attached hydrogen (secondary N) is 1. The van der Waals surface area contributed by atoms with Gasteiger partial charge in [0.2, 0.25) is 0 Å². The summed E-state index contributed by atoms with van der Waals surface area (Å²) in [7, 11) is 0. The minimum Gasteiger partial charge on any atom is -0.477 e. The van der Waals surface area contributed by atoms with Gasteiger partial charge in [0.1, 0.15) is 5.82 Å². The summed E-state index contributed by atoms with van der Waals surface area (Å²) in [5.74, 6) is -0.416. The molecule has 5 nitrogen and oxygen atoms in total. The molecule has 1 aliphatic rings. The molecule has 6 heteroatoms. The first-order chi connectivity index (χ1) is 7.19. The fourth-order valence-corrected chi connectivity index (χ4v) is 1.52. The molecule has 0 amide bonds. The SMILES string of the molecule is CSc1nc(NC2CC2)cc(C(=O)O)n1. The van der Waals surface area contributed by atoms with Crippen LogP contribution in [-0.2, 0) is 0 Å². The molecule has 1 aliphatic carbocycles. The Bertz CT molecular complexity index is 393. The Morgan fingerprint density at radius 1 is 1.60 bits per heavy atom. The van der Waals surface area contributed by atoms with Crippen LogP contribution in [0.4, 0.5) is 5.82 Å². The summed E-state index contributed by atoms with van der Waals surface area (Å²) in [5.41, 5.74) is 0.0394. The quantitative estimate of drug-likeness (QED) is 0.597. The summed E-state index contributed by atoms with van der Waals surface area (Å²) in [6.07, 6.45) is 4.07. The highest BCUT2D eigenvalue weighted by Crippen LogP contribution is 2.24. The number of carboxylic acids is 1. The molecule has 1 aromatic rings. The van der Waals surface area contributed by atoms with Crippen LogP contribution in [0.25, 0.3) is 0 Å². The highest BCUT2D eigenvalue weighted by Gasteiger charge is 2.22. The Kier molecular flexibility index (Phi) is 2.77. The molecule has 0 radical (unpaired) electrons. The first-order valence-electron chi connectivity index (χ1n) is 4.62. The van der Waals surface area contributed by atoms with Crippen molar-refractivity contribution < 1.29 is 9.90 Å². The second-order valence-electron chi connectivity index (χ2n) is 3.35. The van der Waals surface area contributed by atoms with Crippen molar-refractivity contribution >= 4 is 23.5 Å². The topological polar surface area (TPSA) is 75.1 Å². The zero-order chi connectivity index (χ0) is 10.8. The van der Waals surface area contributed by atoms with E-state index in [2.05, 4.69) is 15.3 Å². The van der Waals surface area contributed by atoms with Gasteiger partial charge in [-0.25, -0.2) is 14.8 Å². The van der Waals surface area contributed by atoms with Gasteiger partial charge in [-0.05, 0) is 19.1 Å². The van der Waals surface area contributed by atoms with Gasteiger partial charge < -0.3 is 10.4 Å². The van der Waals surface area contributed by atoms with Crippen molar-refractivity contribution in [3.8, 4) is 0 Å². The van der Waals surface area contributed by atoms with Crippen LogP contribution in [0.3, 0.4) is 0 Å². The summed E-state index contributed by atoms with van der Waals surface area (Å²) in [4.78, 5) is 18.9. The average Bonchev–Trinajstić information content (AvgIpc) is 3.01. The van der Waals surface area contributed by atoms with Gasteiger partial charge in [0.25, 0.3) is 0 Å². The normalized spacial score (nSPS) is 15.0. The Labute approximate surface area is 91.3 Å². The molecule has 0 aliphatic heterocycles. The smallest absolute Gasteiger partial charge is 0.354 e. The van der Waals surface area contributed by atoms with Crippen molar-refractivity contribution in [3.05, 3.63) is 11.8 Å². The summed E-state index contributed by atoms with van der Waals surface area (Å²) in [5, 5.41) is 12.5. The zero-order valence-electron chi connectivity index (χ0n) is 8.23. The maximum atomic E-state index is 10.8. The van der Waals surface area contributed by atoms with E-state index in [0.29, 0.717) is 17.0 Å². The van der Waals surface area contributed by atoms with Crippen LogP contribution >= 0.6 is 11.8 Å². The summed E-state index contributed by atoms with van der Waals surface area (Å²) in [6.45, 7) is 0. The van der Waals surface area contributed by atoms with E-state index < -0.39 is 5.97 Å².